The topological polar surface area (TPSA) is 99.1 Å². The van der Waals surface area contributed by atoms with Crippen molar-refractivity contribution in [3.05, 3.63) is 81.7 Å². The Labute approximate surface area is 212 Å². The van der Waals surface area contributed by atoms with Crippen LogP contribution in [0.3, 0.4) is 0 Å². The number of aromatic amines is 1. The molecule has 0 aliphatic carbocycles. The lowest BCUT2D eigenvalue weighted by molar-refractivity contribution is -0.120. The summed E-state index contributed by atoms with van der Waals surface area (Å²) in [5, 5.41) is 0. The quantitative estimate of drug-likeness (QED) is 0.312. The monoisotopic (exact) mass is 510 g/mol. The highest BCUT2D eigenvalue weighted by Crippen LogP contribution is 2.30. The van der Waals surface area contributed by atoms with Crippen molar-refractivity contribution in [3.63, 3.8) is 0 Å². The lowest BCUT2D eigenvalue weighted by atomic mass is 10.0. The van der Waals surface area contributed by atoms with E-state index in [2.05, 4.69) is 31.8 Å². The van der Waals surface area contributed by atoms with Crippen LogP contribution in [0, 0.1) is 6.92 Å². The number of benzene rings is 2. The van der Waals surface area contributed by atoms with Crippen molar-refractivity contribution in [2.75, 3.05) is 7.11 Å². The first-order valence-corrected chi connectivity index (χ1v) is 11.9. The number of ketones is 1. The first-order chi connectivity index (χ1) is 17.8. The Hall–Kier alpha value is -4.08. The number of alkyl halides is 2. The number of Topliss-reactive ketones (excluding diaryl/α,β-unsaturated/α-hetero) is 1. The van der Waals surface area contributed by atoms with Crippen LogP contribution in [0.1, 0.15) is 48.6 Å². The first-order valence-electron chi connectivity index (χ1n) is 11.9. The van der Waals surface area contributed by atoms with E-state index in [1.807, 2.05) is 18.2 Å². The number of fused-ring (bicyclic) bond motifs is 1. The number of imidazole rings is 1. The standard InChI is InChI=1S/C27H28F2N4O4/c1-16(34)20(11-7-10-18-8-5-4-6-9-18)33-17(2)30-24-25(33)31-23(32-26(24)35)15-19-12-13-21(37-27(28)29)22(14-19)36-3/h4-6,8-9,12-14,20,27H,7,10-11,15H2,1-3H3,(H,31,32,35). The summed E-state index contributed by atoms with van der Waals surface area (Å²) < 4.78 is 36.7. The number of H-pyrrole nitrogens is 1. The number of methoxy groups -OCH3 is 1. The number of halogens is 2. The summed E-state index contributed by atoms with van der Waals surface area (Å²) in [4.78, 5) is 37.3. The fourth-order valence-electron chi connectivity index (χ4n) is 4.46. The maximum atomic E-state index is 12.9. The molecule has 37 heavy (non-hydrogen) atoms. The molecule has 0 aliphatic rings. The van der Waals surface area contributed by atoms with E-state index in [1.165, 1.54) is 25.7 Å². The highest BCUT2D eigenvalue weighted by molar-refractivity contribution is 5.82. The summed E-state index contributed by atoms with van der Waals surface area (Å²) in [5.41, 5.74) is 1.93. The third-order valence-corrected chi connectivity index (χ3v) is 6.16. The molecule has 0 saturated heterocycles. The molecule has 0 fully saturated rings. The van der Waals surface area contributed by atoms with Crippen molar-refractivity contribution in [3.8, 4) is 11.5 Å². The fraction of sp³-hybridized carbons (Fsp3) is 0.333. The number of nitrogens with one attached hydrogen (secondary N) is 1. The number of aromatic nitrogens is 4. The number of carbonyl (C=O) groups excluding carboxylic acids is 1. The maximum absolute atomic E-state index is 12.9. The summed E-state index contributed by atoms with van der Waals surface area (Å²) in [7, 11) is 1.35. The minimum Gasteiger partial charge on any atom is -0.493 e. The van der Waals surface area contributed by atoms with Crippen molar-refractivity contribution in [1.82, 2.24) is 19.5 Å². The van der Waals surface area contributed by atoms with E-state index in [4.69, 9.17) is 4.74 Å². The molecule has 4 aromatic rings. The van der Waals surface area contributed by atoms with Gasteiger partial charge in [-0.3, -0.25) is 9.59 Å². The lowest BCUT2D eigenvalue weighted by Crippen LogP contribution is -2.20. The molecule has 1 atom stereocenters. The molecule has 2 heterocycles. The first kappa shape index (κ1) is 26.0. The van der Waals surface area contributed by atoms with Gasteiger partial charge in [0.05, 0.1) is 13.2 Å². The smallest absolute Gasteiger partial charge is 0.387 e. The molecule has 0 radical (unpaired) electrons. The number of hydrogen-bond acceptors (Lipinski definition) is 6. The molecular formula is C27H28F2N4O4. The van der Waals surface area contributed by atoms with E-state index in [0.29, 0.717) is 29.3 Å². The number of rotatable bonds is 11. The number of carbonyl (C=O) groups is 1. The maximum Gasteiger partial charge on any atom is 0.387 e. The van der Waals surface area contributed by atoms with Crippen LogP contribution in [0.2, 0.25) is 0 Å². The number of aryl methyl sites for hydroxylation is 2. The zero-order valence-corrected chi connectivity index (χ0v) is 20.8. The molecule has 2 aromatic heterocycles. The Balaban J connectivity index is 1.64. The molecule has 0 saturated carbocycles. The van der Waals surface area contributed by atoms with Gasteiger partial charge in [0.2, 0.25) is 0 Å². The average molecular weight is 511 g/mol. The second kappa shape index (κ2) is 11.3. The molecule has 8 nitrogen and oxygen atoms in total. The van der Waals surface area contributed by atoms with Gasteiger partial charge < -0.3 is 19.0 Å². The predicted octanol–water partition coefficient (Wildman–Crippen LogP) is 4.78. The van der Waals surface area contributed by atoms with Gasteiger partial charge in [0.25, 0.3) is 5.56 Å². The van der Waals surface area contributed by atoms with Gasteiger partial charge in [-0.25, -0.2) is 9.97 Å². The molecule has 0 aliphatic heterocycles. The molecule has 4 rings (SSSR count). The molecule has 0 bridgehead atoms. The number of ether oxygens (including phenoxy) is 2. The molecule has 1 N–H and O–H groups in total. The Morgan fingerprint density at radius 1 is 1.08 bits per heavy atom. The van der Waals surface area contributed by atoms with Crippen LogP contribution >= 0.6 is 0 Å². The molecule has 10 heteroatoms. The van der Waals surface area contributed by atoms with Crippen LogP contribution in [-0.2, 0) is 17.6 Å². The number of hydrogen-bond donors (Lipinski definition) is 1. The highest BCUT2D eigenvalue weighted by Gasteiger charge is 2.24. The molecule has 2 aromatic carbocycles. The van der Waals surface area contributed by atoms with Crippen molar-refractivity contribution in [2.45, 2.75) is 52.2 Å². The van der Waals surface area contributed by atoms with Gasteiger partial charge >= 0.3 is 6.61 Å². The Morgan fingerprint density at radius 3 is 2.51 bits per heavy atom. The van der Waals surface area contributed by atoms with Crippen molar-refractivity contribution < 1.29 is 23.0 Å². The average Bonchev–Trinajstić information content (AvgIpc) is 3.19. The van der Waals surface area contributed by atoms with Gasteiger partial charge in [-0.15, -0.1) is 0 Å². The van der Waals surface area contributed by atoms with Gasteiger partial charge in [0, 0.05) is 6.42 Å². The Morgan fingerprint density at radius 2 is 1.84 bits per heavy atom. The molecule has 0 amide bonds. The minimum absolute atomic E-state index is 0.0431. The van der Waals surface area contributed by atoms with Gasteiger partial charge in [0.15, 0.2) is 28.4 Å². The van der Waals surface area contributed by atoms with E-state index in [1.54, 1.807) is 23.6 Å². The van der Waals surface area contributed by atoms with Crippen LogP contribution in [0.5, 0.6) is 11.5 Å². The Bertz CT molecular complexity index is 1450. The number of nitrogens with zero attached hydrogens (tertiary/aromatic N) is 3. The van der Waals surface area contributed by atoms with Crippen molar-refractivity contribution in [1.29, 1.82) is 0 Å². The summed E-state index contributed by atoms with van der Waals surface area (Å²) in [6.07, 6.45) is 2.36. The van der Waals surface area contributed by atoms with Crippen LogP contribution in [0.25, 0.3) is 11.2 Å². The third kappa shape index (κ3) is 6.02. The van der Waals surface area contributed by atoms with Crippen molar-refractivity contribution in [2.24, 2.45) is 0 Å². The molecule has 1 unspecified atom stereocenters. The lowest BCUT2D eigenvalue weighted by Gasteiger charge is -2.18. The Kier molecular flexibility index (Phi) is 7.95. The second-order valence-electron chi connectivity index (χ2n) is 8.76. The minimum atomic E-state index is -2.98. The highest BCUT2D eigenvalue weighted by atomic mass is 19.3. The zero-order chi connectivity index (χ0) is 26.5. The fourth-order valence-corrected chi connectivity index (χ4v) is 4.46. The normalized spacial score (nSPS) is 12.2. The van der Waals surface area contributed by atoms with Gasteiger partial charge in [-0.05, 0) is 56.4 Å². The summed E-state index contributed by atoms with van der Waals surface area (Å²) in [6.45, 7) is 0.299. The SMILES string of the molecule is COc1cc(Cc2nc3c(nc(C)n3C(CCCc3ccccc3)C(C)=O)c(=O)[nH]2)ccc1OC(F)F. The molecule has 0 spiro atoms. The summed E-state index contributed by atoms with van der Waals surface area (Å²) >= 11 is 0. The van der Waals surface area contributed by atoms with Crippen LogP contribution in [0.4, 0.5) is 8.78 Å². The van der Waals surface area contributed by atoms with Gasteiger partial charge in [-0.2, -0.15) is 8.78 Å². The predicted molar refractivity (Wildman–Crippen MR) is 134 cm³/mol. The van der Waals surface area contributed by atoms with E-state index in [9.17, 15) is 18.4 Å². The van der Waals surface area contributed by atoms with E-state index >= 15 is 0 Å². The second-order valence-corrected chi connectivity index (χ2v) is 8.76. The van der Waals surface area contributed by atoms with Crippen LogP contribution in [-0.4, -0.2) is 39.0 Å². The third-order valence-electron chi connectivity index (χ3n) is 6.16. The van der Waals surface area contributed by atoms with E-state index in [-0.39, 0.29) is 29.2 Å². The summed E-state index contributed by atoms with van der Waals surface area (Å²) in [6, 6.07) is 14.0. The molecular weight excluding hydrogens is 482 g/mol. The van der Waals surface area contributed by atoms with Crippen LogP contribution < -0.4 is 15.0 Å². The zero-order valence-electron chi connectivity index (χ0n) is 20.8. The van der Waals surface area contributed by atoms with E-state index < -0.39 is 18.2 Å². The summed E-state index contributed by atoms with van der Waals surface area (Å²) in [5.74, 6) is 0.873. The van der Waals surface area contributed by atoms with E-state index in [0.717, 1.165) is 12.8 Å². The van der Waals surface area contributed by atoms with Crippen LogP contribution in [0.15, 0.2) is 53.3 Å². The largest absolute Gasteiger partial charge is 0.493 e. The van der Waals surface area contributed by atoms with Crippen molar-refractivity contribution >= 4 is 16.9 Å². The molecule has 194 valence electrons. The van der Waals surface area contributed by atoms with Gasteiger partial charge in [0.1, 0.15) is 11.6 Å². The van der Waals surface area contributed by atoms with Gasteiger partial charge in [-0.1, -0.05) is 36.4 Å².